The smallest absolute Gasteiger partial charge is 0.259 e. The van der Waals surface area contributed by atoms with Gasteiger partial charge in [0.2, 0.25) is 5.91 Å². The van der Waals surface area contributed by atoms with Gasteiger partial charge in [-0.1, -0.05) is 5.16 Å². The summed E-state index contributed by atoms with van der Waals surface area (Å²) < 4.78 is 5.37. The van der Waals surface area contributed by atoms with Crippen molar-refractivity contribution in [2.24, 2.45) is 0 Å². The molecule has 1 aliphatic heterocycles. The van der Waals surface area contributed by atoms with Gasteiger partial charge in [-0.25, -0.2) is 4.98 Å². The number of fused-ring (bicyclic) bond motifs is 1. The van der Waals surface area contributed by atoms with E-state index < -0.39 is 0 Å². The van der Waals surface area contributed by atoms with Crippen LogP contribution in [0.3, 0.4) is 0 Å². The molecule has 1 fully saturated rings. The van der Waals surface area contributed by atoms with Crippen LogP contribution in [-0.2, 0) is 4.79 Å². The van der Waals surface area contributed by atoms with Gasteiger partial charge in [0.05, 0.1) is 16.6 Å². The molecule has 1 unspecified atom stereocenters. The fraction of sp³-hybridized carbons (Fsp3) is 0.500. The van der Waals surface area contributed by atoms with E-state index in [-0.39, 0.29) is 17.7 Å². The standard InChI is InChI=1S/C16H20N4O3/c1-9-7-12(15(22)17-3)13-14(19-23-16(13)18-9)11-5-4-6-20(8-11)10(2)21/h7,11H,4-6,8H2,1-3H3,(H,17,22). The summed E-state index contributed by atoms with van der Waals surface area (Å²) in [6.45, 7) is 4.75. The van der Waals surface area contributed by atoms with E-state index in [1.165, 1.54) is 0 Å². The van der Waals surface area contributed by atoms with Gasteiger partial charge >= 0.3 is 0 Å². The van der Waals surface area contributed by atoms with Crippen molar-refractivity contribution in [2.45, 2.75) is 32.6 Å². The molecule has 1 aliphatic rings. The van der Waals surface area contributed by atoms with Gasteiger partial charge in [0, 0.05) is 38.7 Å². The summed E-state index contributed by atoms with van der Waals surface area (Å²) >= 11 is 0. The van der Waals surface area contributed by atoms with Gasteiger partial charge in [0.25, 0.3) is 11.6 Å². The molecule has 122 valence electrons. The average molecular weight is 316 g/mol. The predicted molar refractivity (Wildman–Crippen MR) is 84.2 cm³/mol. The highest BCUT2D eigenvalue weighted by molar-refractivity contribution is 6.06. The third-order valence-electron chi connectivity index (χ3n) is 4.33. The number of pyridine rings is 1. The third kappa shape index (κ3) is 2.78. The van der Waals surface area contributed by atoms with Gasteiger partial charge in [0.1, 0.15) is 0 Å². The van der Waals surface area contributed by atoms with Crippen LogP contribution >= 0.6 is 0 Å². The minimum Gasteiger partial charge on any atom is -0.355 e. The Hall–Kier alpha value is -2.44. The van der Waals surface area contributed by atoms with E-state index in [4.69, 9.17) is 4.52 Å². The molecule has 2 amide bonds. The zero-order chi connectivity index (χ0) is 16.6. The monoisotopic (exact) mass is 316 g/mol. The van der Waals surface area contributed by atoms with Gasteiger partial charge in [-0.2, -0.15) is 0 Å². The number of nitrogens with zero attached hydrogens (tertiary/aromatic N) is 3. The summed E-state index contributed by atoms with van der Waals surface area (Å²) in [5.41, 5.74) is 2.31. The Morgan fingerprint density at radius 2 is 2.22 bits per heavy atom. The van der Waals surface area contributed by atoms with Crippen LogP contribution < -0.4 is 5.32 Å². The summed E-state index contributed by atoms with van der Waals surface area (Å²) in [6, 6.07) is 1.74. The van der Waals surface area contributed by atoms with Gasteiger partial charge < -0.3 is 14.7 Å². The Labute approximate surface area is 134 Å². The Bertz CT molecular complexity index is 768. The molecule has 0 radical (unpaired) electrons. The molecule has 2 aromatic heterocycles. The summed E-state index contributed by atoms with van der Waals surface area (Å²) in [7, 11) is 1.59. The van der Waals surface area contributed by atoms with Crippen LogP contribution in [0.25, 0.3) is 11.1 Å². The lowest BCUT2D eigenvalue weighted by Crippen LogP contribution is -2.37. The van der Waals surface area contributed by atoms with Crippen molar-refractivity contribution in [2.75, 3.05) is 20.1 Å². The molecule has 1 atom stereocenters. The fourth-order valence-corrected chi connectivity index (χ4v) is 3.17. The number of piperidine rings is 1. The van der Waals surface area contributed by atoms with Crippen molar-refractivity contribution in [1.82, 2.24) is 20.4 Å². The number of carbonyl (C=O) groups is 2. The van der Waals surface area contributed by atoms with E-state index in [9.17, 15) is 9.59 Å². The lowest BCUT2D eigenvalue weighted by molar-refractivity contribution is -0.130. The predicted octanol–water partition coefficient (Wildman–Crippen LogP) is 1.62. The van der Waals surface area contributed by atoms with E-state index >= 15 is 0 Å². The van der Waals surface area contributed by atoms with Crippen LogP contribution in [0.2, 0.25) is 0 Å². The summed E-state index contributed by atoms with van der Waals surface area (Å²) in [5.74, 6) is -0.0750. The van der Waals surface area contributed by atoms with Crippen LogP contribution in [0.5, 0.6) is 0 Å². The normalized spacial score (nSPS) is 18.2. The van der Waals surface area contributed by atoms with E-state index in [0.29, 0.717) is 28.9 Å². The molecular weight excluding hydrogens is 296 g/mol. The first kappa shape index (κ1) is 15.5. The first-order valence-corrected chi connectivity index (χ1v) is 7.75. The van der Waals surface area contributed by atoms with Crippen LogP contribution in [0.4, 0.5) is 0 Å². The maximum Gasteiger partial charge on any atom is 0.259 e. The van der Waals surface area contributed by atoms with Crippen LogP contribution in [0.15, 0.2) is 10.6 Å². The molecule has 7 nitrogen and oxygen atoms in total. The van der Waals surface area contributed by atoms with Gasteiger partial charge in [-0.05, 0) is 25.8 Å². The number of likely N-dealkylation sites (tertiary alicyclic amines) is 1. The molecule has 3 rings (SSSR count). The second kappa shape index (κ2) is 5.98. The third-order valence-corrected chi connectivity index (χ3v) is 4.33. The minimum atomic E-state index is -0.191. The van der Waals surface area contributed by atoms with E-state index in [1.807, 2.05) is 11.8 Å². The lowest BCUT2D eigenvalue weighted by Gasteiger charge is -2.31. The maximum atomic E-state index is 12.2. The quantitative estimate of drug-likeness (QED) is 0.909. The first-order valence-electron chi connectivity index (χ1n) is 7.75. The van der Waals surface area contributed by atoms with Crippen LogP contribution in [0, 0.1) is 6.92 Å². The number of hydrogen-bond donors (Lipinski definition) is 1. The Kier molecular flexibility index (Phi) is 4.02. The number of amides is 2. The fourth-order valence-electron chi connectivity index (χ4n) is 3.17. The zero-order valence-corrected chi connectivity index (χ0v) is 13.5. The molecule has 0 saturated carbocycles. The molecule has 0 spiro atoms. The van der Waals surface area contributed by atoms with Crippen molar-refractivity contribution in [3.8, 4) is 0 Å². The van der Waals surface area contributed by atoms with Crippen molar-refractivity contribution < 1.29 is 14.1 Å². The lowest BCUT2D eigenvalue weighted by atomic mass is 9.91. The van der Waals surface area contributed by atoms with E-state index in [0.717, 1.165) is 25.1 Å². The van der Waals surface area contributed by atoms with Gasteiger partial charge in [0.15, 0.2) is 0 Å². The number of nitrogens with one attached hydrogen (secondary N) is 1. The molecular formula is C16H20N4O3. The van der Waals surface area contributed by atoms with Crippen molar-refractivity contribution in [3.05, 3.63) is 23.0 Å². The number of aromatic nitrogens is 2. The Balaban J connectivity index is 2.08. The number of carbonyl (C=O) groups excluding carboxylic acids is 2. The molecule has 0 aliphatic carbocycles. The SMILES string of the molecule is CNC(=O)c1cc(C)nc2onc(C3CCCN(C(C)=O)C3)c12. The van der Waals surface area contributed by atoms with Gasteiger partial charge in [-0.15, -0.1) is 0 Å². The maximum absolute atomic E-state index is 12.2. The van der Waals surface area contributed by atoms with Crippen molar-refractivity contribution in [1.29, 1.82) is 0 Å². The van der Waals surface area contributed by atoms with Crippen molar-refractivity contribution >= 4 is 22.9 Å². The average Bonchev–Trinajstić information content (AvgIpc) is 2.97. The molecule has 1 saturated heterocycles. The second-order valence-corrected chi connectivity index (χ2v) is 5.94. The molecule has 3 heterocycles. The number of rotatable bonds is 2. The Morgan fingerprint density at radius 3 is 2.91 bits per heavy atom. The summed E-state index contributed by atoms with van der Waals surface area (Å²) in [6.07, 6.45) is 1.82. The minimum absolute atomic E-state index is 0.0572. The van der Waals surface area contributed by atoms with E-state index in [1.54, 1.807) is 20.0 Å². The van der Waals surface area contributed by atoms with Crippen LogP contribution in [-0.4, -0.2) is 47.0 Å². The second-order valence-electron chi connectivity index (χ2n) is 5.94. The van der Waals surface area contributed by atoms with E-state index in [2.05, 4.69) is 15.5 Å². The molecule has 2 aromatic rings. The van der Waals surface area contributed by atoms with Crippen LogP contribution in [0.1, 0.15) is 47.4 Å². The highest BCUT2D eigenvalue weighted by atomic mass is 16.5. The molecule has 1 N–H and O–H groups in total. The summed E-state index contributed by atoms with van der Waals surface area (Å²) in [4.78, 5) is 30.0. The van der Waals surface area contributed by atoms with Gasteiger partial charge in [-0.3, -0.25) is 9.59 Å². The molecule has 7 heteroatoms. The first-order chi connectivity index (χ1) is 11.0. The zero-order valence-electron chi connectivity index (χ0n) is 13.5. The highest BCUT2D eigenvalue weighted by Crippen LogP contribution is 2.33. The largest absolute Gasteiger partial charge is 0.355 e. The highest BCUT2D eigenvalue weighted by Gasteiger charge is 2.29. The van der Waals surface area contributed by atoms with Crippen molar-refractivity contribution in [3.63, 3.8) is 0 Å². The number of aryl methyl sites for hydroxylation is 1. The summed E-state index contributed by atoms with van der Waals surface area (Å²) in [5, 5.41) is 7.48. The topological polar surface area (TPSA) is 88.3 Å². The molecule has 23 heavy (non-hydrogen) atoms. The number of hydrogen-bond acceptors (Lipinski definition) is 5. The molecule has 0 aromatic carbocycles. The molecule has 0 bridgehead atoms. The Morgan fingerprint density at radius 1 is 1.43 bits per heavy atom.